The van der Waals surface area contributed by atoms with E-state index in [9.17, 15) is 49.1 Å². The third-order valence-electron chi connectivity index (χ3n) is 3.39. The second-order valence-electron chi connectivity index (χ2n) is 5.34. The molecule has 1 aromatic heterocycles. The van der Waals surface area contributed by atoms with E-state index in [0.717, 1.165) is 6.92 Å². The standard InChI is InChI=1S/C14H7F9N2O2/c1-5-9(10(26)14(21,22)23)11(27)25(24-5)8-3-6(12(15,16)17)2-7(4-8)13(18,19)20/h2-4,24H,1H3. The van der Waals surface area contributed by atoms with Gasteiger partial charge in [-0.25, -0.2) is 4.68 Å². The average Bonchev–Trinajstić information content (AvgIpc) is 2.78. The summed E-state index contributed by atoms with van der Waals surface area (Å²) in [7, 11) is 0. The Kier molecular flexibility index (Phi) is 4.70. The predicted molar refractivity (Wildman–Crippen MR) is 71.5 cm³/mol. The fourth-order valence-corrected chi connectivity index (χ4v) is 2.21. The topological polar surface area (TPSA) is 54.9 Å². The SMILES string of the molecule is Cc1[nH]n(-c2cc(C(F)(F)F)cc(C(F)(F)F)c2)c(=O)c1C(=O)C(F)(F)F. The van der Waals surface area contributed by atoms with Crippen molar-refractivity contribution < 1.29 is 44.3 Å². The Bertz CT molecular complexity index is 913. The number of benzene rings is 1. The Morgan fingerprint density at radius 3 is 1.70 bits per heavy atom. The van der Waals surface area contributed by atoms with E-state index in [1.54, 1.807) is 0 Å². The van der Waals surface area contributed by atoms with Crippen molar-refractivity contribution in [3.63, 3.8) is 0 Å². The lowest BCUT2D eigenvalue weighted by Gasteiger charge is -2.14. The van der Waals surface area contributed by atoms with Gasteiger partial charge in [0.1, 0.15) is 5.56 Å². The van der Waals surface area contributed by atoms with Gasteiger partial charge in [0, 0.05) is 5.69 Å². The van der Waals surface area contributed by atoms with E-state index in [0.29, 0.717) is 0 Å². The highest BCUT2D eigenvalue weighted by atomic mass is 19.4. The van der Waals surface area contributed by atoms with E-state index >= 15 is 0 Å². The van der Waals surface area contributed by atoms with Gasteiger partial charge < -0.3 is 0 Å². The summed E-state index contributed by atoms with van der Waals surface area (Å²) >= 11 is 0. The van der Waals surface area contributed by atoms with Gasteiger partial charge in [0.25, 0.3) is 11.3 Å². The number of hydrogen-bond acceptors (Lipinski definition) is 2. The number of halogens is 9. The lowest BCUT2D eigenvalue weighted by molar-refractivity contribution is -0.143. The molecule has 0 aliphatic heterocycles. The van der Waals surface area contributed by atoms with E-state index in [2.05, 4.69) is 0 Å². The van der Waals surface area contributed by atoms with Crippen molar-refractivity contribution in [2.45, 2.75) is 25.5 Å². The number of aromatic amines is 1. The Morgan fingerprint density at radius 2 is 1.33 bits per heavy atom. The maximum absolute atomic E-state index is 12.9. The van der Waals surface area contributed by atoms with Crippen LogP contribution in [0.5, 0.6) is 0 Å². The van der Waals surface area contributed by atoms with Crippen molar-refractivity contribution >= 4 is 5.78 Å². The minimum atomic E-state index is -5.46. The number of H-pyrrole nitrogens is 1. The van der Waals surface area contributed by atoms with Crippen LogP contribution in [0, 0.1) is 6.92 Å². The largest absolute Gasteiger partial charge is 0.455 e. The molecule has 0 aliphatic rings. The monoisotopic (exact) mass is 406 g/mol. The first-order valence-electron chi connectivity index (χ1n) is 6.76. The van der Waals surface area contributed by atoms with Crippen LogP contribution in [0.3, 0.4) is 0 Å². The summed E-state index contributed by atoms with van der Waals surface area (Å²) in [5.41, 5.74) is -8.44. The summed E-state index contributed by atoms with van der Waals surface area (Å²) in [5.74, 6) is -2.58. The van der Waals surface area contributed by atoms with E-state index in [-0.39, 0.29) is 22.9 Å². The summed E-state index contributed by atoms with van der Waals surface area (Å²) in [6.07, 6.45) is -15.9. The van der Waals surface area contributed by atoms with E-state index in [1.807, 2.05) is 5.10 Å². The van der Waals surface area contributed by atoms with Crippen molar-refractivity contribution in [1.82, 2.24) is 9.78 Å². The molecule has 13 heteroatoms. The van der Waals surface area contributed by atoms with Gasteiger partial charge in [-0.15, -0.1) is 0 Å². The number of hydrogen-bond donors (Lipinski definition) is 1. The second kappa shape index (κ2) is 6.16. The highest BCUT2D eigenvalue weighted by molar-refractivity contribution is 6.00. The van der Waals surface area contributed by atoms with Gasteiger partial charge in [-0.1, -0.05) is 0 Å². The number of carbonyl (C=O) groups is 1. The summed E-state index contributed by atoms with van der Waals surface area (Å²) in [4.78, 5) is 23.3. The van der Waals surface area contributed by atoms with E-state index < -0.39 is 57.9 Å². The van der Waals surface area contributed by atoms with Crippen LogP contribution in [0.15, 0.2) is 23.0 Å². The third-order valence-corrected chi connectivity index (χ3v) is 3.39. The minimum absolute atomic E-state index is 0.0127. The molecule has 0 saturated heterocycles. The Labute approximate surface area is 143 Å². The smallest absolute Gasteiger partial charge is 0.295 e. The van der Waals surface area contributed by atoms with Gasteiger partial charge in [0.2, 0.25) is 0 Å². The molecule has 27 heavy (non-hydrogen) atoms. The summed E-state index contributed by atoms with van der Waals surface area (Å²) < 4.78 is 115. The fraction of sp³-hybridized carbons (Fsp3) is 0.286. The average molecular weight is 406 g/mol. The molecule has 2 rings (SSSR count). The molecule has 0 saturated carbocycles. The van der Waals surface area contributed by atoms with Crippen LogP contribution in [0.4, 0.5) is 39.5 Å². The number of Topliss-reactive ketones (excluding diaryl/α,β-unsaturated/α-hetero) is 1. The predicted octanol–water partition coefficient (Wildman–Crippen LogP) is 4.26. The highest BCUT2D eigenvalue weighted by Gasteiger charge is 2.43. The zero-order valence-electron chi connectivity index (χ0n) is 12.9. The van der Waals surface area contributed by atoms with Crippen LogP contribution in [-0.2, 0) is 12.4 Å². The normalized spacial score (nSPS) is 13.1. The molecule has 1 aromatic carbocycles. The molecule has 0 amide bonds. The highest BCUT2D eigenvalue weighted by Crippen LogP contribution is 2.37. The quantitative estimate of drug-likeness (QED) is 0.599. The number of nitrogens with zero attached hydrogens (tertiary/aromatic N) is 1. The fourth-order valence-electron chi connectivity index (χ4n) is 2.21. The number of aryl methyl sites for hydroxylation is 1. The molecule has 0 spiro atoms. The van der Waals surface area contributed by atoms with Gasteiger partial charge in [-0.3, -0.25) is 14.7 Å². The third kappa shape index (κ3) is 4.01. The van der Waals surface area contributed by atoms with Gasteiger partial charge in [0.05, 0.1) is 16.8 Å². The second-order valence-corrected chi connectivity index (χ2v) is 5.34. The molecule has 1 N–H and O–H groups in total. The van der Waals surface area contributed by atoms with Gasteiger partial charge >= 0.3 is 18.5 Å². The van der Waals surface area contributed by atoms with E-state index in [4.69, 9.17) is 0 Å². The van der Waals surface area contributed by atoms with Gasteiger partial charge in [-0.05, 0) is 25.1 Å². The number of aromatic nitrogens is 2. The Morgan fingerprint density at radius 1 is 0.889 bits per heavy atom. The molecule has 0 unspecified atom stereocenters. The maximum Gasteiger partial charge on any atom is 0.455 e. The molecular weight excluding hydrogens is 399 g/mol. The van der Waals surface area contributed by atoms with Gasteiger partial charge in [-0.2, -0.15) is 39.5 Å². The lowest BCUT2D eigenvalue weighted by atomic mass is 10.1. The van der Waals surface area contributed by atoms with E-state index in [1.165, 1.54) is 0 Å². The van der Waals surface area contributed by atoms with Crippen molar-refractivity contribution in [2.24, 2.45) is 0 Å². The van der Waals surface area contributed by atoms with Crippen LogP contribution in [0.2, 0.25) is 0 Å². The molecule has 0 bridgehead atoms. The molecule has 0 fully saturated rings. The zero-order chi connectivity index (χ0) is 20.9. The number of nitrogens with one attached hydrogen (secondary N) is 1. The molecule has 0 atom stereocenters. The summed E-state index contributed by atoms with van der Waals surface area (Å²) in [6, 6.07) is 0.0506. The van der Waals surface area contributed by atoms with Crippen molar-refractivity contribution in [3.8, 4) is 5.69 Å². The van der Waals surface area contributed by atoms with Crippen molar-refractivity contribution in [2.75, 3.05) is 0 Å². The van der Waals surface area contributed by atoms with Crippen molar-refractivity contribution in [3.05, 3.63) is 50.9 Å². The summed E-state index contributed by atoms with van der Waals surface area (Å²) in [6.45, 7) is 0.842. The molecule has 4 nitrogen and oxygen atoms in total. The first-order chi connectivity index (χ1) is 12.0. The molecule has 148 valence electrons. The minimum Gasteiger partial charge on any atom is -0.295 e. The van der Waals surface area contributed by atoms with Crippen LogP contribution >= 0.6 is 0 Å². The van der Waals surface area contributed by atoms with Crippen LogP contribution in [0.1, 0.15) is 27.2 Å². The van der Waals surface area contributed by atoms with Gasteiger partial charge in [0.15, 0.2) is 0 Å². The molecular formula is C14H7F9N2O2. The number of rotatable bonds is 2. The summed E-state index contributed by atoms with van der Waals surface area (Å²) in [5, 5.41) is 1.89. The van der Waals surface area contributed by atoms with Crippen molar-refractivity contribution in [1.29, 1.82) is 0 Å². The number of carbonyl (C=O) groups excluding carboxylic acids is 1. The lowest BCUT2D eigenvalue weighted by Crippen LogP contribution is -2.30. The first-order valence-corrected chi connectivity index (χ1v) is 6.76. The number of alkyl halides is 9. The molecule has 0 radical (unpaired) electrons. The van der Waals surface area contributed by atoms with Crippen LogP contribution < -0.4 is 5.56 Å². The molecule has 2 aromatic rings. The Balaban J connectivity index is 2.76. The molecule has 0 aliphatic carbocycles. The maximum atomic E-state index is 12.9. The zero-order valence-corrected chi connectivity index (χ0v) is 12.9. The Hall–Kier alpha value is -2.73. The van der Waals surface area contributed by atoms with Crippen LogP contribution in [-0.4, -0.2) is 21.7 Å². The first kappa shape index (κ1) is 20.6. The number of ketones is 1. The van der Waals surface area contributed by atoms with Crippen LogP contribution in [0.25, 0.3) is 5.69 Å². The molecule has 1 heterocycles.